The Labute approximate surface area is 828 Å². The van der Waals surface area contributed by atoms with Gasteiger partial charge in [0.25, 0.3) is 0 Å². The van der Waals surface area contributed by atoms with Crippen molar-refractivity contribution in [1.29, 1.82) is 0 Å². The second-order valence-electron chi connectivity index (χ2n) is 32.5. The minimum atomic E-state index is -0.372. The largest absolute Gasteiger partial charge is 0.496 e. The van der Waals surface area contributed by atoms with E-state index in [4.69, 9.17) is 89.8 Å². The van der Waals surface area contributed by atoms with Gasteiger partial charge >= 0.3 is 0 Å². The fraction of sp³-hybridized carbons (Fsp3) is 0.246. The minimum absolute atomic E-state index is 0.125. The maximum absolute atomic E-state index is 10.8. The van der Waals surface area contributed by atoms with Crippen LogP contribution in [0.4, 0.5) is 11.4 Å². The summed E-state index contributed by atoms with van der Waals surface area (Å²) in [5, 5.41) is 2.53. The van der Waals surface area contributed by atoms with Crippen LogP contribution in [0.1, 0.15) is 176 Å². The number of nitrogens with two attached hydrogens (primary N) is 8. The lowest BCUT2D eigenvalue weighted by Crippen LogP contribution is -2.10. The number of hydrogen-bond acceptors (Lipinski definition) is 13. The van der Waals surface area contributed by atoms with E-state index in [9.17, 15) is 9.59 Å². The normalized spacial score (nSPS) is 9.64. The number of carbonyl (C=O) groups excluding carboxylic acids is 2. The first kappa shape index (κ1) is 119. The number of amides is 1. The molecule has 0 saturated carbocycles. The molecule has 0 bridgehead atoms. The number of nitrogen functional groups attached to an aromatic ring is 2. The van der Waals surface area contributed by atoms with Crippen LogP contribution in [0.5, 0.6) is 5.75 Å². The summed E-state index contributed by atoms with van der Waals surface area (Å²) in [5.41, 5.74) is 75.3. The lowest BCUT2D eigenvalue weighted by atomic mass is 10.1. The van der Waals surface area contributed by atoms with Crippen molar-refractivity contribution >= 4 is 69.6 Å². The summed E-state index contributed by atoms with van der Waals surface area (Å²) < 4.78 is 10.3. The number of ketones is 1. The third kappa shape index (κ3) is 53.5. The highest BCUT2D eigenvalue weighted by atomic mass is 35.5. The van der Waals surface area contributed by atoms with Crippen molar-refractivity contribution < 1.29 is 18.7 Å². The molecule has 1 aromatic heterocycles. The van der Waals surface area contributed by atoms with E-state index in [-0.39, 0.29) is 11.7 Å². The Hall–Kier alpha value is -12.2. The van der Waals surface area contributed by atoms with E-state index in [2.05, 4.69) is 207 Å². The molecule has 14 aromatic carbocycles. The number of benzene rings is 14. The Kier molecular flexibility index (Phi) is 60.6. The van der Waals surface area contributed by atoms with E-state index in [1.807, 2.05) is 226 Å². The lowest BCUT2D eigenvalue weighted by molar-refractivity contribution is 0.0996. The monoisotopic (exact) mass is 1890 g/mol. The molecule has 15 aromatic rings. The molecular formula is C118H148Cl3N9O4S. The van der Waals surface area contributed by atoms with Gasteiger partial charge < -0.3 is 55.0 Å². The van der Waals surface area contributed by atoms with Gasteiger partial charge in [-0.3, -0.25) is 9.59 Å². The molecule has 0 fully saturated rings. The second kappa shape index (κ2) is 68.8. The Bertz CT molecular complexity index is 5610. The highest BCUT2D eigenvalue weighted by Gasteiger charge is 2.04. The van der Waals surface area contributed by atoms with Gasteiger partial charge in [-0.05, 0) is 293 Å². The summed E-state index contributed by atoms with van der Waals surface area (Å²) in [6.45, 7) is 41.6. The number of Topliss-reactive ketones (excluding diaryl/α,β-unsaturated/α-hetero) is 1. The van der Waals surface area contributed by atoms with Crippen molar-refractivity contribution in [2.24, 2.45) is 34.4 Å². The molecule has 1 amide bonds. The van der Waals surface area contributed by atoms with E-state index in [0.29, 0.717) is 38.3 Å². The molecule has 0 unspecified atom stereocenters. The summed E-state index contributed by atoms with van der Waals surface area (Å²) in [5.74, 6) is 1.49. The van der Waals surface area contributed by atoms with Crippen LogP contribution in [0.25, 0.3) is 11.3 Å². The summed E-state index contributed by atoms with van der Waals surface area (Å²) in [7, 11) is 1.67. The molecule has 13 nitrogen and oxygen atoms in total. The summed E-state index contributed by atoms with van der Waals surface area (Å²) >= 11 is 19.3. The van der Waals surface area contributed by atoms with Gasteiger partial charge in [0.05, 0.1) is 13.3 Å². The number of aromatic nitrogens is 1. The molecule has 15 rings (SSSR count). The Morgan fingerprint density at radius 3 is 1.09 bits per heavy atom. The number of aryl methyl sites for hydroxylation is 18. The third-order valence-corrected chi connectivity index (χ3v) is 22.1. The van der Waals surface area contributed by atoms with E-state index in [1.54, 1.807) is 44.1 Å². The van der Waals surface area contributed by atoms with Gasteiger partial charge in [-0.25, -0.2) is 4.98 Å². The zero-order valence-corrected chi connectivity index (χ0v) is 86.6. The van der Waals surface area contributed by atoms with E-state index in [0.717, 1.165) is 94.4 Å². The average Bonchev–Trinajstić information content (AvgIpc) is 1.87. The maximum atomic E-state index is 10.8. The summed E-state index contributed by atoms with van der Waals surface area (Å²) in [6.07, 6.45) is 8.75. The summed E-state index contributed by atoms with van der Waals surface area (Å²) in [6, 6.07) is 103. The number of halogens is 3. The van der Waals surface area contributed by atoms with E-state index in [1.165, 1.54) is 113 Å². The minimum Gasteiger partial charge on any atom is -0.496 e. The number of primary amides is 1. The maximum Gasteiger partial charge on any atom is 0.248 e. The Morgan fingerprint density at radius 1 is 0.348 bits per heavy atom. The molecule has 1 heterocycles. The van der Waals surface area contributed by atoms with Gasteiger partial charge in [0.2, 0.25) is 5.91 Å². The first-order valence-corrected chi connectivity index (χ1v) is 47.4. The number of nitrogens with zero attached hydrogens (tertiary/aromatic N) is 1. The number of rotatable bonds is 13. The fourth-order valence-electron chi connectivity index (χ4n) is 11.6. The molecule has 0 aliphatic carbocycles. The molecular weight excluding hydrogens is 1750 g/mol. The molecule has 17 heteroatoms. The van der Waals surface area contributed by atoms with Crippen LogP contribution >= 0.6 is 46.6 Å². The predicted octanol–water partition coefficient (Wildman–Crippen LogP) is 29.2. The number of oxazole rings is 1. The zero-order valence-electron chi connectivity index (χ0n) is 83.5. The van der Waals surface area contributed by atoms with Crippen LogP contribution in [0.2, 0.25) is 15.1 Å². The highest BCUT2D eigenvalue weighted by molar-refractivity contribution is 7.98. The average molecular weight is 1890 g/mol. The smallest absolute Gasteiger partial charge is 0.248 e. The molecule has 0 radical (unpaired) electrons. The van der Waals surface area contributed by atoms with Crippen LogP contribution in [-0.2, 0) is 45.6 Å². The summed E-state index contributed by atoms with van der Waals surface area (Å²) in [4.78, 5) is 26.5. The molecule has 0 aliphatic rings. The van der Waals surface area contributed by atoms with Gasteiger partial charge in [-0.1, -0.05) is 336 Å². The van der Waals surface area contributed by atoms with Crippen molar-refractivity contribution in [2.75, 3.05) is 24.8 Å². The van der Waals surface area contributed by atoms with Crippen LogP contribution in [-0.4, -0.2) is 30.0 Å². The molecule has 0 aliphatic heterocycles. The van der Waals surface area contributed by atoms with Crippen molar-refractivity contribution in [3.8, 4) is 17.1 Å². The van der Waals surface area contributed by atoms with Crippen LogP contribution in [0.15, 0.2) is 331 Å². The number of hydrogen-bond donors (Lipinski definition) is 8. The van der Waals surface area contributed by atoms with Gasteiger partial charge in [-0.2, -0.15) is 0 Å². The van der Waals surface area contributed by atoms with E-state index < -0.39 is 0 Å². The molecule has 0 saturated heterocycles. The molecule has 0 spiro atoms. The molecule has 16 N–H and O–H groups in total. The van der Waals surface area contributed by atoms with Gasteiger partial charge in [-0.15, -0.1) is 11.8 Å². The topological polar surface area (TPSA) is 278 Å². The predicted molar refractivity (Wildman–Crippen MR) is 585 cm³/mol. The number of methoxy groups -OCH3 is 1. The standard InChI is InChI=1S/C10H9NO.C10H14.C9H11Cl.C9H13NO.C9H13N.C9H10O.C8H10ClN.C8H9Cl.C8H9NO.2C8H11N.C8H10S.2C7H9N/c1-8-2-4-9(5-3-8)10-6-11-7-12-10;1-3-4-10-7-5-9(2)6-8-10;1-3-8-5-4-7(2)9(10)6-8;1-7-5-8(6-10)3-4-9(7)11-2;1-7-3-4-9(6-10)5-8(7)2;1-7-3-5-9(6-4-7)8(2)10;1-6-2-3-7(5-10)4-8(6)9;1-6-3-4-7(2)8(9)5-6;1-6-3-2-4-7(5-6)8(9)10;1-7-2-4-8(6-9)5-3-7;1-7-3-2-4-8(5-7)6-9;1-7-4-3-5-8(6-7)9-2;1-6-2-4-7(8)5-3-6;1-6-3-2-4-7(8)5-6/h2-7H,1H3;5-8H,3-4H2,1-2H3;4-6H,3H2,1-2H3;3-5H,6,10H2,1-2H3;3-5H,6,10H2,1-2H3;3-6H,1-2H3;2-4H,5,10H2,1H3;3-5H,1-2H3;2-5H,1H3,(H2,9,10);2*2-5H,6,9H2,1H3;3-6H,1-2H3;2*2-5H,8H2,1H3. The molecule has 716 valence electrons. The first-order chi connectivity index (χ1) is 64.3. The van der Waals surface area contributed by atoms with Crippen molar-refractivity contribution in [2.45, 2.75) is 188 Å². The second-order valence-corrected chi connectivity index (χ2v) is 34.6. The third-order valence-electron chi connectivity index (χ3n) is 20.2. The highest BCUT2D eigenvalue weighted by Crippen LogP contribution is 2.23. The van der Waals surface area contributed by atoms with Crippen LogP contribution in [0.3, 0.4) is 0 Å². The first-order valence-electron chi connectivity index (χ1n) is 45.1. The number of thioether (sulfide) groups is 1. The van der Waals surface area contributed by atoms with Crippen LogP contribution in [0, 0.1) is 111 Å². The quantitative estimate of drug-likeness (QED) is 0.0303. The lowest BCUT2D eigenvalue weighted by Gasteiger charge is -2.05. The van der Waals surface area contributed by atoms with Crippen molar-refractivity contribution in [1.82, 2.24) is 4.98 Å². The van der Waals surface area contributed by atoms with Crippen molar-refractivity contribution in [3.63, 3.8) is 0 Å². The Morgan fingerprint density at radius 2 is 0.726 bits per heavy atom. The van der Waals surface area contributed by atoms with Crippen molar-refractivity contribution in [3.05, 3.63) is 476 Å². The number of carbonyl (C=O) groups is 2. The zero-order chi connectivity index (χ0) is 101. The van der Waals surface area contributed by atoms with E-state index >= 15 is 0 Å². The number of anilines is 2. The number of ether oxygens (including phenoxy) is 1. The van der Waals surface area contributed by atoms with Gasteiger partial charge in [0.1, 0.15) is 5.75 Å². The molecule has 0 atom stereocenters. The van der Waals surface area contributed by atoms with Gasteiger partial charge in [0, 0.05) is 80.8 Å². The molecule has 135 heavy (non-hydrogen) atoms. The van der Waals surface area contributed by atoms with Crippen LogP contribution < -0.4 is 50.6 Å². The SMILES string of the molecule is CC(=O)c1ccc(C)cc1.CCCc1ccc(C)cc1.CCc1ccc(C)c(Cl)c1.COc1ccc(CN)cc1C.CSc1cccc(C)c1.Cc1ccc(-c2cnco2)cc1.Cc1ccc(C)c(Cl)c1.Cc1ccc(CN)cc1.Cc1ccc(CN)cc1C.Cc1ccc(CN)cc1Cl.Cc1ccc(N)cc1.Cc1cccc(C(N)=O)c1.Cc1cccc(CN)c1.Cc1cccc(N)c1. The fourth-order valence-corrected chi connectivity index (χ4v) is 12.7. The Balaban J connectivity index is 0.000000492. The van der Waals surface area contributed by atoms with Gasteiger partial charge in [0.15, 0.2) is 17.9 Å².